The molecule has 4 aromatic rings. The third kappa shape index (κ3) is 1.67. The van der Waals surface area contributed by atoms with Crippen LogP contribution in [0.15, 0.2) is 29.0 Å². The number of rotatable bonds is 3. The number of carbonyl (C=O) groups excluding carboxylic acids is 1. The van der Waals surface area contributed by atoms with Crippen LogP contribution in [0.2, 0.25) is 0 Å². The van der Waals surface area contributed by atoms with Gasteiger partial charge in [0, 0.05) is 13.2 Å². The van der Waals surface area contributed by atoms with Gasteiger partial charge in [0.1, 0.15) is 0 Å². The summed E-state index contributed by atoms with van der Waals surface area (Å²) in [6.45, 7) is 0. The largest absolute Gasteiger partial charge is 0.461 e. The molecule has 4 aromatic heterocycles. The number of anilines is 1. The number of aromatic nitrogens is 6. The molecule has 0 aliphatic heterocycles. The van der Waals surface area contributed by atoms with Gasteiger partial charge in [0.15, 0.2) is 17.1 Å². The maximum atomic E-state index is 10.7. The SMILES string of the molecule is Cn1cc2c(nc(NC=O)n3nc(-c4ccco4)nc23)n1. The fourth-order valence-electron chi connectivity index (χ4n) is 2.16. The number of amides is 1. The van der Waals surface area contributed by atoms with Gasteiger partial charge in [0.2, 0.25) is 18.2 Å². The second kappa shape index (κ2) is 4.13. The molecule has 1 amide bonds. The molecule has 1 N–H and O–H groups in total. The third-order valence-corrected chi connectivity index (χ3v) is 3.00. The van der Waals surface area contributed by atoms with Crippen LogP contribution in [0.4, 0.5) is 5.95 Å². The van der Waals surface area contributed by atoms with E-state index >= 15 is 0 Å². The normalized spacial score (nSPS) is 11.3. The lowest BCUT2D eigenvalue weighted by molar-refractivity contribution is -0.105. The van der Waals surface area contributed by atoms with E-state index in [1.54, 1.807) is 36.3 Å². The Bertz CT molecular complexity index is 951. The van der Waals surface area contributed by atoms with Gasteiger partial charge in [-0.25, -0.2) is 4.98 Å². The molecule has 9 heteroatoms. The average Bonchev–Trinajstić information content (AvgIpc) is 3.15. The van der Waals surface area contributed by atoms with Crippen molar-refractivity contribution in [2.24, 2.45) is 7.05 Å². The minimum absolute atomic E-state index is 0.247. The van der Waals surface area contributed by atoms with Crippen LogP contribution in [0.25, 0.3) is 28.3 Å². The molecule has 0 aliphatic carbocycles. The topological polar surface area (TPSA) is 103 Å². The first-order chi connectivity index (χ1) is 10.3. The molecular weight excluding hydrogens is 274 g/mol. The summed E-state index contributed by atoms with van der Waals surface area (Å²) in [5, 5.41) is 11.8. The molecule has 21 heavy (non-hydrogen) atoms. The highest BCUT2D eigenvalue weighted by molar-refractivity contribution is 5.91. The highest BCUT2D eigenvalue weighted by atomic mass is 16.3. The predicted molar refractivity (Wildman–Crippen MR) is 72.4 cm³/mol. The summed E-state index contributed by atoms with van der Waals surface area (Å²) in [5.74, 6) is 1.19. The zero-order valence-corrected chi connectivity index (χ0v) is 10.9. The molecule has 0 atom stereocenters. The van der Waals surface area contributed by atoms with E-state index in [-0.39, 0.29) is 5.95 Å². The summed E-state index contributed by atoms with van der Waals surface area (Å²) in [4.78, 5) is 19.5. The molecule has 0 saturated carbocycles. The van der Waals surface area contributed by atoms with Crippen LogP contribution in [0.3, 0.4) is 0 Å². The molecule has 0 aromatic carbocycles. The van der Waals surface area contributed by atoms with Crippen molar-refractivity contribution < 1.29 is 9.21 Å². The number of carbonyl (C=O) groups is 1. The number of furan rings is 1. The predicted octanol–water partition coefficient (Wildman–Crippen LogP) is 0.839. The van der Waals surface area contributed by atoms with Gasteiger partial charge in [-0.15, -0.1) is 5.10 Å². The van der Waals surface area contributed by atoms with E-state index in [0.29, 0.717) is 29.3 Å². The number of fused-ring (bicyclic) bond motifs is 3. The number of nitrogens with one attached hydrogen (secondary N) is 1. The van der Waals surface area contributed by atoms with Crippen LogP contribution >= 0.6 is 0 Å². The van der Waals surface area contributed by atoms with Gasteiger partial charge in [-0.1, -0.05) is 0 Å². The summed E-state index contributed by atoms with van der Waals surface area (Å²) in [7, 11) is 1.79. The zero-order valence-electron chi connectivity index (χ0n) is 10.9. The average molecular weight is 283 g/mol. The fourth-order valence-corrected chi connectivity index (χ4v) is 2.16. The first-order valence-electron chi connectivity index (χ1n) is 6.10. The Morgan fingerprint density at radius 2 is 2.24 bits per heavy atom. The van der Waals surface area contributed by atoms with E-state index < -0.39 is 0 Å². The second-order valence-corrected chi connectivity index (χ2v) is 4.39. The van der Waals surface area contributed by atoms with Gasteiger partial charge in [-0.05, 0) is 12.1 Å². The third-order valence-electron chi connectivity index (χ3n) is 3.00. The molecule has 4 heterocycles. The standard InChI is InChI=1S/C12H9N7O2/c1-18-5-7-9(16-18)15-12(13-6-20)19-11(7)14-10(17-19)8-3-2-4-21-8/h2-6H,1H3,(H,13,15,16,20). The van der Waals surface area contributed by atoms with Crippen molar-refractivity contribution in [2.75, 3.05) is 5.32 Å². The van der Waals surface area contributed by atoms with Crippen LogP contribution in [0.5, 0.6) is 0 Å². The van der Waals surface area contributed by atoms with Crippen LogP contribution in [-0.4, -0.2) is 35.8 Å². The van der Waals surface area contributed by atoms with Crippen molar-refractivity contribution in [2.45, 2.75) is 0 Å². The van der Waals surface area contributed by atoms with Gasteiger partial charge in [0.25, 0.3) is 0 Å². The molecule has 9 nitrogen and oxygen atoms in total. The Hall–Kier alpha value is -3.23. The Labute approximate surface area is 117 Å². The van der Waals surface area contributed by atoms with Crippen molar-refractivity contribution in [3.05, 3.63) is 24.6 Å². The van der Waals surface area contributed by atoms with Crippen LogP contribution in [-0.2, 0) is 11.8 Å². The number of hydrogen-bond donors (Lipinski definition) is 1. The van der Waals surface area contributed by atoms with E-state index in [1.165, 1.54) is 4.52 Å². The number of hydrogen-bond acceptors (Lipinski definition) is 6. The summed E-state index contributed by atoms with van der Waals surface area (Å²) < 4.78 is 8.38. The van der Waals surface area contributed by atoms with Crippen LogP contribution < -0.4 is 5.32 Å². The Morgan fingerprint density at radius 3 is 3.00 bits per heavy atom. The molecule has 4 rings (SSSR count). The minimum atomic E-state index is 0.247. The Kier molecular flexibility index (Phi) is 2.28. The maximum absolute atomic E-state index is 10.7. The molecule has 0 saturated heterocycles. The monoisotopic (exact) mass is 283 g/mol. The minimum Gasteiger partial charge on any atom is -0.461 e. The van der Waals surface area contributed by atoms with E-state index in [4.69, 9.17) is 4.42 Å². The van der Waals surface area contributed by atoms with Gasteiger partial charge in [-0.2, -0.15) is 14.6 Å². The molecular formula is C12H9N7O2. The zero-order chi connectivity index (χ0) is 14.4. The van der Waals surface area contributed by atoms with Crippen LogP contribution in [0.1, 0.15) is 0 Å². The lowest BCUT2D eigenvalue weighted by atomic mass is 10.4. The molecule has 0 unspecified atom stereocenters. The summed E-state index contributed by atoms with van der Waals surface area (Å²) in [6, 6.07) is 3.51. The lowest BCUT2D eigenvalue weighted by Gasteiger charge is -2.00. The maximum Gasteiger partial charge on any atom is 0.234 e. The highest BCUT2D eigenvalue weighted by Gasteiger charge is 2.17. The van der Waals surface area contributed by atoms with Crippen molar-refractivity contribution >= 4 is 29.0 Å². The molecule has 0 bridgehead atoms. The highest BCUT2D eigenvalue weighted by Crippen LogP contribution is 2.23. The summed E-state index contributed by atoms with van der Waals surface area (Å²) in [5.41, 5.74) is 1.02. The summed E-state index contributed by atoms with van der Waals surface area (Å²) >= 11 is 0. The van der Waals surface area contributed by atoms with E-state index in [1.807, 2.05) is 0 Å². The Balaban J connectivity index is 2.08. The molecule has 0 spiro atoms. The van der Waals surface area contributed by atoms with E-state index in [9.17, 15) is 4.79 Å². The van der Waals surface area contributed by atoms with Crippen molar-refractivity contribution in [1.82, 2.24) is 29.4 Å². The lowest BCUT2D eigenvalue weighted by Crippen LogP contribution is -2.05. The molecule has 0 aliphatic rings. The number of nitrogens with zero attached hydrogens (tertiary/aromatic N) is 6. The first-order valence-corrected chi connectivity index (χ1v) is 6.10. The van der Waals surface area contributed by atoms with Gasteiger partial charge < -0.3 is 4.42 Å². The quantitative estimate of drug-likeness (QED) is 0.559. The van der Waals surface area contributed by atoms with Crippen molar-refractivity contribution in [1.29, 1.82) is 0 Å². The van der Waals surface area contributed by atoms with E-state index in [2.05, 4.69) is 25.5 Å². The number of aryl methyl sites for hydroxylation is 1. The van der Waals surface area contributed by atoms with Crippen LogP contribution in [0, 0.1) is 0 Å². The van der Waals surface area contributed by atoms with E-state index in [0.717, 1.165) is 5.39 Å². The summed E-state index contributed by atoms with van der Waals surface area (Å²) in [6.07, 6.45) is 3.87. The van der Waals surface area contributed by atoms with Gasteiger partial charge in [-0.3, -0.25) is 14.8 Å². The molecule has 0 fully saturated rings. The first kappa shape index (κ1) is 11.6. The smallest absolute Gasteiger partial charge is 0.234 e. The van der Waals surface area contributed by atoms with Crippen molar-refractivity contribution in [3.63, 3.8) is 0 Å². The van der Waals surface area contributed by atoms with Crippen molar-refractivity contribution in [3.8, 4) is 11.6 Å². The van der Waals surface area contributed by atoms with Gasteiger partial charge >= 0.3 is 0 Å². The second-order valence-electron chi connectivity index (χ2n) is 4.39. The molecule has 104 valence electrons. The molecule has 0 radical (unpaired) electrons. The Morgan fingerprint density at radius 1 is 1.33 bits per heavy atom. The van der Waals surface area contributed by atoms with Gasteiger partial charge in [0.05, 0.1) is 11.6 Å². The fraction of sp³-hybridized carbons (Fsp3) is 0.0833.